The first kappa shape index (κ1) is 25.7. The molecule has 0 radical (unpaired) electrons. The molecule has 9 heteroatoms. The minimum Gasteiger partial charge on any atom is -0.481 e. The van der Waals surface area contributed by atoms with E-state index in [0.717, 1.165) is 16.8 Å². The molecule has 0 saturated heterocycles. The number of fused-ring (bicyclic) bond motifs is 1. The molecule has 2 N–H and O–H groups in total. The molecule has 0 atom stereocenters. The van der Waals surface area contributed by atoms with Crippen LogP contribution < -0.4 is 10.1 Å². The fourth-order valence-electron chi connectivity index (χ4n) is 4.98. The van der Waals surface area contributed by atoms with Crippen molar-refractivity contribution in [2.75, 3.05) is 6.61 Å². The van der Waals surface area contributed by atoms with E-state index in [1.165, 1.54) is 0 Å². The number of carboxylic acid groups (broad SMARTS) is 1. The lowest BCUT2D eigenvalue weighted by Crippen LogP contribution is -2.38. The van der Waals surface area contributed by atoms with Crippen LogP contribution >= 0.6 is 11.6 Å². The summed E-state index contributed by atoms with van der Waals surface area (Å²) in [6, 6.07) is 17.1. The maximum atomic E-state index is 13.3. The lowest BCUT2D eigenvalue weighted by atomic mass is 9.86. The molecular weight excluding hydrogens is 504 g/mol. The van der Waals surface area contributed by atoms with Gasteiger partial charge in [0.25, 0.3) is 5.91 Å². The predicted molar refractivity (Wildman–Crippen MR) is 146 cm³/mol. The number of rotatable bonds is 8. The lowest BCUT2D eigenvalue weighted by molar-refractivity contribution is -0.142. The molecule has 1 aliphatic rings. The van der Waals surface area contributed by atoms with Crippen LogP contribution in [0.15, 0.2) is 60.8 Å². The number of amides is 1. The molecule has 2 heterocycles. The SMILES string of the molecule is CCOc1cccc(-c2ccc(Cn3ncc4c(Cl)ccc(C(=O)NC5CCC(C(=O)O)CC5)c43)cc2)n1. The Hall–Kier alpha value is -3.91. The fourth-order valence-corrected chi connectivity index (χ4v) is 5.18. The van der Waals surface area contributed by atoms with Gasteiger partial charge in [-0.3, -0.25) is 14.3 Å². The second-order valence-electron chi connectivity index (χ2n) is 9.51. The van der Waals surface area contributed by atoms with Gasteiger partial charge in [0.2, 0.25) is 5.88 Å². The van der Waals surface area contributed by atoms with Gasteiger partial charge in [0, 0.05) is 23.1 Å². The van der Waals surface area contributed by atoms with Crippen molar-refractivity contribution in [3.63, 3.8) is 0 Å². The van der Waals surface area contributed by atoms with E-state index in [-0.39, 0.29) is 17.9 Å². The summed E-state index contributed by atoms with van der Waals surface area (Å²) in [7, 11) is 0. The molecular formula is C29H29ClN4O4. The van der Waals surface area contributed by atoms with Crippen LogP contribution in [0.1, 0.15) is 48.5 Å². The number of hydrogen-bond donors (Lipinski definition) is 2. The number of aliphatic carboxylic acids is 1. The molecule has 4 aromatic rings. The Labute approximate surface area is 225 Å². The molecule has 1 aliphatic carbocycles. The molecule has 0 aliphatic heterocycles. The topological polar surface area (TPSA) is 106 Å². The highest BCUT2D eigenvalue weighted by Gasteiger charge is 2.27. The van der Waals surface area contributed by atoms with Crippen LogP contribution in [0.25, 0.3) is 22.2 Å². The van der Waals surface area contributed by atoms with Crippen LogP contribution in [0.5, 0.6) is 5.88 Å². The molecule has 0 unspecified atom stereocenters. The van der Waals surface area contributed by atoms with Crippen LogP contribution in [-0.2, 0) is 11.3 Å². The number of carboxylic acids is 1. The quantitative estimate of drug-likeness (QED) is 0.307. The highest BCUT2D eigenvalue weighted by Crippen LogP contribution is 2.29. The zero-order valence-corrected chi connectivity index (χ0v) is 21.8. The van der Waals surface area contributed by atoms with E-state index in [1.54, 1.807) is 23.0 Å². The van der Waals surface area contributed by atoms with Crippen molar-refractivity contribution in [2.24, 2.45) is 5.92 Å². The molecule has 0 spiro atoms. The van der Waals surface area contributed by atoms with Gasteiger partial charge in [-0.05, 0) is 56.4 Å². The summed E-state index contributed by atoms with van der Waals surface area (Å²) in [4.78, 5) is 29.1. The van der Waals surface area contributed by atoms with Crippen molar-refractivity contribution in [1.82, 2.24) is 20.1 Å². The standard InChI is InChI=1S/C29H29ClN4O4/c1-2-38-26-5-3-4-25(33-26)19-8-6-18(7-9-19)17-34-27-22(14-15-24(30)23(27)16-31-34)28(35)32-21-12-10-20(11-13-21)29(36)37/h3-9,14-16,20-21H,2,10-13,17H2,1H3,(H,32,35)(H,36,37). The third-order valence-corrected chi connectivity index (χ3v) is 7.33. The summed E-state index contributed by atoms with van der Waals surface area (Å²) in [6.07, 6.45) is 4.11. The van der Waals surface area contributed by atoms with Gasteiger partial charge in [-0.25, -0.2) is 4.98 Å². The molecule has 0 bridgehead atoms. The van der Waals surface area contributed by atoms with Gasteiger partial charge in [0.15, 0.2) is 0 Å². The van der Waals surface area contributed by atoms with E-state index in [9.17, 15) is 14.7 Å². The van der Waals surface area contributed by atoms with E-state index < -0.39 is 5.97 Å². The Morgan fingerprint density at radius 3 is 2.55 bits per heavy atom. The zero-order valence-electron chi connectivity index (χ0n) is 21.1. The number of carbonyl (C=O) groups excluding carboxylic acids is 1. The van der Waals surface area contributed by atoms with E-state index in [4.69, 9.17) is 16.3 Å². The third kappa shape index (κ3) is 5.50. The number of benzene rings is 2. The largest absolute Gasteiger partial charge is 0.481 e. The van der Waals surface area contributed by atoms with Crippen LogP contribution in [0.2, 0.25) is 5.02 Å². The Bertz CT molecular complexity index is 1460. The highest BCUT2D eigenvalue weighted by molar-refractivity contribution is 6.36. The minimum absolute atomic E-state index is 0.0532. The normalized spacial score (nSPS) is 17.3. The van der Waals surface area contributed by atoms with Crippen molar-refractivity contribution >= 4 is 34.4 Å². The number of halogens is 1. The van der Waals surface area contributed by atoms with Crippen LogP contribution in [0.3, 0.4) is 0 Å². The summed E-state index contributed by atoms with van der Waals surface area (Å²) < 4.78 is 7.31. The monoisotopic (exact) mass is 532 g/mol. The highest BCUT2D eigenvalue weighted by atomic mass is 35.5. The number of ether oxygens (including phenoxy) is 1. The van der Waals surface area contributed by atoms with Gasteiger partial charge < -0.3 is 15.2 Å². The van der Waals surface area contributed by atoms with Crippen molar-refractivity contribution in [1.29, 1.82) is 0 Å². The van der Waals surface area contributed by atoms with Crippen LogP contribution in [0.4, 0.5) is 0 Å². The maximum Gasteiger partial charge on any atom is 0.306 e. The van der Waals surface area contributed by atoms with Gasteiger partial charge in [-0.1, -0.05) is 41.9 Å². The Kier molecular flexibility index (Phi) is 7.60. The van der Waals surface area contributed by atoms with E-state index in [2.05, 4.69) is 15.4 Å². The fraction of sp³-hybridized carbons (Fsp3) is 0.310. The third-order valence-electron chi connectivity index (χ3n) is 7.00. The van der Waals surface area contributed by atoms with Crippen LogP contribution in [0, 0.1) is 5.92 Å². The Morgan fingerprint density at radius 2 is 1.84 bits per heavy atom. The molecule has 1 amide bonds. The molecule has 1 saturated carbocycles. The van der Waals surface area contributed by atoms with Crippen molar-refractivity contribution in [3.8, 4) is 17.1 Å². The van der Waals surface area contributed by atoms with Gasteiger partial charge in [0.1, 0.15) is 0 Å². The Morgan fingerprint density at radius 1 is 1.08 bits per heavy atom. The van der Waals surface area contributed by atoms with Crippen molar-refractivity contribution in [3.05, 3.63) is 76.9 Å². The van der Waals surface area contributed by atoms with E-state index >= 15 is 0 Å². The number of pyridine rings is 1. The number of hydrogen-bond acceptors (Lipinski definition) is 5. The zero-order chi connectivity index (χ0) is 26.6. The molecule has 2 aromatic heterocycles. The molecule has 5 rings (SSSR count). The minimum atomic E-state index is -0.763. The van der Waals surface area contributed by atoms with E-state index in [1.807, 2.05) is 49.4 Å². The van der Waals surface area contributed by atoms with Crippen molar-refractivity contribution in [2.45, 2.75) is 45.2 Å². The average Bonchev–Trinajstić information content (AvgIpc) is 3.34. The smallest absolute Gasteiger partial charge is 0.306 e. The first-order valence-corrected chi connectivity index (χ1v) is 13.2. The lowest BCUT2D eigenvalue weighted by Gasteiger charge is -2.27. The number of nitrogens with zero attached hydrogens (tertiary/aromatic N) is 3. The van der Waals surface area contributed by atoms with Gasteiger partial charge >= 0.3 is 5.97 Å². The summed E-state index contributed by atoms with van der Waals surface area (Å²) >= 11 is 6.45. The first-order chi connectivity index (χ1) is 18.4. The summed E-state index contributed by atoms with van der Waals surface area (Å²) in [5.74, 6) is -0.707. The van der Waals surface area contributed by atoms with Crippen LogP contribution in [-0.4, -0.2) is 44.4 Å². The predicted octanol–water partition coefficient (Wildman–Crippen LogP) is 5.57. The second-order valence-corrected chi connectivity index (χ2v) is 9.92. The second kappa shape index (κ2) is 11.2. The molecule has 8 nitrogen and oxygen atoms in total. The van der Waals surface area contributed by atoms with Crippen molar-refractivity contribution < 1.29 is 19.4 Å². The van der Waals surface area contributed by atoms with Gasteiger partial charge in [-0.2, -0.15) is 5.10 Å². The van der Waals surface area contributed by atoms with Gasteiger partial charge in [0.05, 0.1) is 47.1 Å². The number of aromatic nitrogens is 3. The molecule has 38 heavy (non-hydrogen) atoms. The average molecular weight is 533 g/mol. The molecule has 1 fully saturated rings. The van der Waals surface area contributed by atoms with Gasteiger partial charge in [-0.15, -0.1) is 0 Å². The molecule has 196 valence electrons. The summed E-state index contributed by atoms with van der Waals surface area (Å²) in [5.41, 5.74) is 3.98. The maximum absolute atomic E-state index is 13.3. The molecule has 2 aromatic carbocycles. The summed E-state index contributed by atoms with van der Waals surface area (Å²) in [5, 5.41) is 18.1. The first-order valence-electron chi connectivity index (χ1n) is 12.8. The summed E-state index contributed by atoms with van der Waals surface area (Å²) in [6.45, 7) is 2.94. The van der Waals surface area contributed by atoms with E-state index in [0.29, 0.717) is 66.2 Å². The number of carbonyl (C=O) groups is 2. The number of nitrogens with one attached hydrogen (secondary N) is 1. The Balaban J connectivity index is 1.35.